The molecule has 0 aromatic heterocycles. The van der Waals surface area contributed by atoms with E-state index in [0.29, 0.717) is 17.0 Å². The average molecular weight is 224 g/mol. The Kier molecular flexibility index (Phi) is 3.33. The SMILES string of the molecule is CCCN1CCC(N)C12CCC(C)(C)CC2. The second-order valence-electron chi connectivity index (χ2n) is 6.65. The zero-order chi connectivity index (χ0) is 11.8. The predicted molar refractivity (Wildman–Crippen MR) is 69.4 cm³/mol. The monoisotopic (exact) mass is 224 g/mol. The molecular formula is C14H28N2. The number of likely N-dealkylation sites (tertiary alicyclic amines) is 1. The Balaban J connectivity index is 2.10. The number of nitrogens with two attached hydrogens (primary N) is 1. The van der Waals surface area contributed by atoms with E-state index in [1.807, 2.05) is 0 Å². The lowest BCUT2D eigenvalue weighted by Gasteiger charge is -2.48. The number of hydrogen-bond acceptors (Lipinski definition) is 2. The van der Waals surface area contributed by atoms with Crippen LogP contribution < -0.4 is 5.73 Å². The van der Waals surface area contributed by atoms with Gasteiger partial charge in [0.25, 0.3) is 0 Å². The summed E-state index contributed by atoms with van der Waals surface area (Å²) in [5, 5.41) is 0. The van der Waals surface area contributed by atoms with Crippen LogP contribution in [-0.2, 0) is 0 Å². The van der Waals surface area contributed by atoms with Crippen LogP contribution in [0.5, 0.6) is 0 Å². The van der Waals surface area contributed by atoms with Crippen LogP contribution in [0.4, 0.5) is 0 Å². The molecule has 16 heavy (non-hydrogen) atoms. The molecule has 1 aliphatic heterocycles. The van der Waals surface area contributed by atoms with Crippen LogP contribution in [-0.4, -0.2) is 29.6 Å². The molecule has 2 N–H and O–H groups in total. The Morgan fingerprint density at radius 2 is 1.81 bits per heavy atom. The van der Waals surface area contributed by atoms with Crippen LogP contribution in [0.1, 0.15) is 59.3 Å². The van der Waals surface area contributed by atoms with Crippen LogP contribution in [0.15, 0.2) is 0 Å². The first-order valence-corrected chi connectivity index (χ1v) is 7.01. The summed E-state index contributed by atoms with van der Waals surface area (Å²) in [6.07, 6.45) is 7.81. The second-order valence-corrected chi connectivity index (χ2v) is 6.65. The first kappa shape index (κ1) is 12.4. The molecule has 1 unspecified atom stereocenters. The zero-order valence-electron chi connectivity index (χ0n) is 11.3. The molecule has 2 nitrogen and oxygen atoms in total. The van der Waals surface area contributed by atoms with Gasteiger partial charge in [-0.3, -0.25) is 4.90 Å². The molecule has 2 aliphatic rings. The third-order valence-electron chi connectivity index (χ3n) is 4.99. The molecule has 1 saturated heterocycles. The smallest absolute Gasteiger partial charge is 0.0361 e. The molecule has 0 radical (unpaired) electrons. The second kappa shape index (κ2) is 4.30. The summed E-state index contributed by atoms with van der Waals surface area (Å²) in [6, 6.07) is 0.426. The Bertz CT molecular complexity index is 235. The van der Waals surface area contributed by atoms with E-state index in [2.05, 4.69) is 25.7 Å². The molecule has 2 heteroatoms. The van der Waals surface area contributed by atoms with Gasteiger partial charge in [0.1, 0.15) is 0 Å². The van der Waals surface area contributed by atoms with Crippen molar-refractivity contribution in [2.75, 3.05) is 13.1 Å². The fourth-order valence-corrected chi connectivity index (χ4v) is 3.67. The summed E-state index contributed by atoms with van der Waals surface area (Å²) in [6.45, 7) is 9.57. The van der Waals surface area contributed by atoms with Gasteiger partial charge < -0.3 is 5.73 Å². The lowest BCUT2D eigenvalue weighted by Crippen LogP contribution is -2.56. The first-order chi connectivity index (χ1) is 7.50. The van der Waals surface area contributed by atoms with Gasteiger partial charge in [-0.1, -0.05) is 20.8 Å². The largest absolute Gasteiger partial charge is 0.326 e. The van der Waals surface area contributed by atoms with E-state index in [9.17, 15) is 0 Å². The minimum absolute atomic E-state index is 0.367. The Morgan fingerprint density at radius 3 is 2.38 bits per heavy atom. The van der Waals surface area contributed by atoms with Crippen molar-refractivity contribution in [3.8, 4) is 0 Å². The zero-order valence-corrected chi connectivity index (χ0v) is 11.3. The highest BCUT2D eigenvalue weighted by molar-refractivity contribution is 5.07. The van der Waals surface area contributed by atoms with E-state index in [-0.39, 0.29) is 0 Å². The van der Waals surface area contributed by atoms with Gasteiger partial charge in [-0.15, -0.1) is 0 Å². The molecule has 1 aliphatic carbocycles. The fraction of sp³-hybridized carbons (Fsp3) is 1.00. The van der Waals surface area contributed by atoms with Gasteiger partial charge in [0.05, 0.1) is 0 Å². The number of hydrogen-bond donors (Lipinski definition) is 1. The van der Waals surface area contributed by atoms with Crippen LogP contribution in [0.3, 0.4) is 0 Å². The molecule has 2 fully saturated rings. The van der Waals surface area contributed by atoms with Crippen molar-refractivity contribution >= 4 is 0 Å². The van der Waals surface area contributed by atoms with Crippen molar-refractivity contribution in [3.63, 3.8) is 0 Å². The molecule has 2 rings (SSSR count). The van der Waals surface area contributed by atoms with E-state index >= 15 is 0 Å². The number of nitrogens with zero attached hydrogens (tertiary/aromatic N) is 1. The summed E-state index contributed by atoms with van der Waals surface area (Å²) in [7, 11) is 0. The van der Waals surface area contributed by atoms with Crippen molar-refractivity contribution < 1.29 is 0 Å². The molecule has 0 aromatic carbocycles. The van der Waals surface area contributed by atoms with Crippen LogP contribution in [0, 0.1) is 5.41 Å². The lowest BCUT2D eigenvalue weighted by molar-refractivity contribution is 0.0401. The summed E-state index contributed by atoms with van der Waals surface area (Å²) >= 11 is 0. The molecule has 0 aromatic rings. The Labute approximate surface area is 101 Å². The van der Waals surface area contributed by atoms with E-state index in [1.165, 1.54) is 51.6 Å². The van der Waals surface area contributed by atoms with Crippen molar-refractivity contribution in [1.29, 1.82) is 0 Å². The molecular weight excluding hydrogens is 196 g/mol. The highest BCUT2D eigenvalue weighted by atomic mass is 15.2. The third-order valence-corrected chi connectivity index (χ3v) is 4.99. The normalized spacial score (nSPS) is 33.4. The van der Waals surface area contributed by atoms with Gasteiger partial charge in [0.2, 0.25) is 0 Å². The maximum atomic E-state index is 6.41. The third kappa shape index (κ3) is 2.02. The highest BCUT2D eigenvalue weighted by Crippen LogP contribution is 2.47. The van der Waals surface area contributed by atoms with Gasteiger partial charge in [-0.05, 0) is 50.5 Å². The van der Waals surface area contributed by atoms with Crippen LogP contribution >= 0.6 is 0 Å². The topological polar surface area (TPSA) is 29.3 Å². The Hall–Kier alpha value is -0.0800. The van der Waals surface area contributed by atoms with Crippen molar-refractivity contribution in [1.82, 2.24) is 4.90 Å². The Morgan fingerprint density at radius 1 is 1.19 bits per heavy atom. The fourth-order valence-electron chi connectivity index (χ4n) is 3.67. The maximum Gasteiger partial charge on any atom is 0.0361 e. The molecule has 1 spiro atoms. The minimum Gasteiger partial charge on any atom is -0.326 e. The summed E-state index contributed by atoms with van der Waals surface area (Å²) < 4.78 is 0. The van der Waals surface area contributed by atoms with Gasteiger partial charge in [-0.25, -0.2) is 0 Å². The lowest BCUT2D eigenvalue weighted by atomic mass is 9.67. The summed E-state index contributed by atoms with van der Waals surface area (Å²) in [5.74, 6) is 0. The molecule has 0 amide bonds. The van der Waals surface area contributed by atoms with Crippen molar-refractivity contribution in [2.45, 2.75) is 70.9 Å². The van der Waals surface area contributed by atoms with E-state index < -0.39 is 0 Å². The standard InChI is InChI=1S/C14H28N2/c1-4-10-16-11-5-12(15)14(16)8-6-13(2,3)7-9-14/h12H,4-11,15H2,1-3H3. The van der Waals surface area contributed by atoms with Gasteiger partial charge >= 0.3 is 0 Å². The van der Waals surface area contributed by atoms with Crippen molar-refractivity contribution in [3.05, 3.63) is 0 Å². The summed E-state index contributed by atoms with van der Waals surface area (Å²) in [5.41, 5.74) is 7.33. The van der Waals surface area contributed by atoms with E-state index in [0.717, 1.165) is 0 Å². The average Bonchev–Trinajstić information content (AvgIpc) is 2.52. The maximum absolute atomic E-state index is 6.41. The summed E-state index contributed by atoms with van der Waals surface area (Å²) in [4.78, 5) is 2.70. The highest BCUT2D eigenvalue weighted by Gasteiger charge is 2.49. The first-order valence-electron chi connectivity index (χ1n) is 7.01. The van der Waals surface area contributed by atoms with E-state index in [4.69, 9.17) is 5.73 Å². The molecule has 1 heterocycles. The molecule has 1 saturated carbocycles. The van der Waals surface area contributed by atoms with Gasteiger partial charge in [0.15, 0.2) is 0 Å². The quantitative estimate of drug-likeness (QED) is 0.781. The van der Waals surface area contributed by atoms with Gasteiger partial charge in [0, 0.05) is 18.1 Å². The van der Waals surface area contributed by atoms with Gasteiger partial charge in [-0.2, -0.15) is 0 Å². The van der Waals surface area contributed by atoms with E-state index in [1.54, 1.807) is 0 Å². The number of rotatable bonds is 2. The van der Waals surface area contributed by atoms with Crippen molar-refractivity contribution in [2.24, 2.45) is 11.1 Å². The molecule has 1 atom stereocenters. The minimum atomic E-state index is 0.367. The molecule has 94 valence electrons. The van der Waals surface area contributed by atoms with Crippen LogP contribution in [0.2, 0.25) is 0 Å². The molecule has 0 bridgehead atoms. The predicted octanol–water partition coefficient (Wildman–Crippen LogP) is 2.77. The van der Waals surface area contributed by atoms with Crippen LogP contribution in [0.25, 0.3) is 0 Å².